The molecule has 0 bridgehead atoms. The van der Waals surface area contributed by atoms with E-state index >= 15 is 0 Å². The number of carbonyl (C=O) groups is 3. The maximum Gasteiger partial charge on any atom is 0.156 e. The van der Waals surface area contributed by atoms with E-state index in [1.807, 2.05) is 25.9 Å². The minimum Gasteiger partial charge on any atom is -0.380 e. The zero-order valence-electron chi connectivity index (χ0n) is 25.5. The number of hydrogen-bond donors (Lipinski definition) is 3. The van der Waals surface area contributed by atoms with Crippen LogP contribution in [0.2, 0.25) is 0 Å². The summed E-state index contributed by atoms with van der Waals surface area (Å²) >= 11 is 0. The molecule has 0 saturated carbocycles. The Bertz CT molecular complexity index is 1450. The fraction of sp³-hybridized carbons (Fsp3) is 0.500. The van der Waals surface area contributed by atoms with Gasteiger partial charge in [0.25, 0.3) is 0 Å². The van der Waals surface area contributed by atoms with Gasteiger partial charge in [-0.05, 0) is 56.0 Å². The van der Waals surface area contributed by atoms with Crippen LogP contribution in [0.4, 0.5) is 4.39 Å². The molecule has 3 atom stereocenters. The number of fused-ring (bicyclic) bond motifs is 2. The molecule has 1 saturated heterocycles. The molecule has 3 N–H and O–H groups in total. The summed E-state index contributed by atoms with van der Waals surface area (Å²) in [6.07, 6.45) is 5.28. The van der Waals surface area contributed by atoms with Gasteiger partial charge >= 0.3 is 0 Å². The third-order valence-electron chi connectivity index (χ3n) is 8.56. The highest BCUT2D eigenvalue weighted by Gasteiger charge is 2.36. The highest BCUT2D eigenvalue weighted by Crippen LogP contribution is 2.45. The summed E-state index contributed by atoms with van der Waals surface area (Å²) < 4.78 is 25.0. The summed E-state index contributed by atoms with van der Waals surface area (Å²) in [6, 6.07) is 1.51. The average molecular weight is 597 g/mol. The number of ether oxygens (including phenoxy) is 2. The number of nitrogens with zero attached hydrogens (tertiary/aromatic N) is 2. The Morgan fingerprint density at radius 1 is 1.35 bits per heavy atom. The van der Waals surface area contributed by atoms with E-state index in [1.165, 1.54) is 13.2 Å². The minimum atomic E-state index is -1.86. The van der Waals surface area contributed by atoms with Gasteiger partial charge in [0.05, 0.1) is 42.8 Å². The number of benzene rings is 1. The first kappa shape index (κ1) is 32.6. The number of hydrogen-bond acceptors (Lipinski definition) is 10. The summed E-state index contributed by atoms with van der Waals surface area (Å²) in [4.78, 5) is 40.7. The number of halogens is 1. The van der Waals surface area contributed by atoms with E-state index in [2.05, 4.69) is 10.6 Å². The van der Waals surface area contributed by atoms with Crippen molar-refractivity contribution in [3.63, 3.8) is 0 Å². The fourth-order valence-corrected chi connectivity index (χ4v) is 6.09. The standard InChI is InChI=1S/C27H32FN3O4.C5H9NO2/c1-6-27(34,14-33)19(16(12-32)13-35-5)9-23-26-18(11-31(23)4)25-21(29-3)8-7-17-15(2)20(28)10-22(30-26)24(17)25;7-3-5-4-8-2-1-6-5/h9-10,12,14,21,29,34H,6-8,11,13H2,1-5H3;3,5-6H,1-2,4H2/b19-16-,23-9-;. The Balaban J connectivity index is 0.000000458. The average Bonchev–Trinajstić information content (AvgIpc) is 3.35. The molecule has 3 unspecified atom stereocenters. The molecule has 5 rings (SSSR count). The number of aromatic nitrogens is 1. The van der Waals surface area contributed by atoms with Crippen molar-refractivity contribution in [2.45, 2.75) is 57.3 Å². The maximum atomic E-state index is 14.8. The van der Waals surface area contributed by atoms with Gasteiger partial charge in [-0.2, -0.15) is 0 Å². The van der Waals surface area contributed by atoms with Gasteiger partial charge in [0.2, 0.25) is 0 Å². The number of pyridine rings is 1. The Hall–Kier alpha value is -3.35. The van der Waals surface area contributed by atoms with Crippen molar-refractivity contribution in [3.05, 3.63) is 57.1 Å². The van der Waals surface area contributed by atoms with Gasteiger partial charge in [-0.15, -0.1) is 0 Å². The first-order valence-corrected chi connectivity index (χ1v) is 14.6. The molecule has 10 nitrogen and oxygen atoms in total. The van der Waals surface area contributed by atoms with E-state index in [-0.39, 0.29) is 42.1 Å². The van der Waals surface area contributed by atoms with Crippen LogP contribution in [0.5, 0.6) is 0 Å². The molecule has 2 aromatic rings. The Labute approximate surface area is 251 Å². The lowest BCUT2D eigenvalue weighted by molar-refractivity contribution is -0.120. The van der Waals surface area contributed by atoms with Crippen LogP contribution in [0.25, 0.3) is 16.6 Å². The van der Waals surface area contributed by atoms with Crippen molar-refractivity contribution in [2.75, 3.05) is 47.6 Å². The molecule has 1 fully saturated rings. The number of morpholine rings is 1. The largest absolute Gasteiger partial charge is 0.380 e. The summed E-state index contributed by atoms with van der Waals surface area (Å²) in [5, 5.41) is 18.5. The van der Waals surface area contributed by atoms with Gasteiger partial charge in [-0.25, -0.2) is 9.37 Å². The molecule has 1 aromatic heterocycles. The highest BCUT2D eigenvalue weighted by molar-refractivity contribution is 5.93. The molecule has 0 radical (unpaired) electrons. The van der Waals surface area contributed by atoms with Gasteiger partial charge in [0, 0.05) is 61.5 Å². The molecule has 3 aliphatic rings. The monoisotopic (exact) mass is 596 g/mol. The zero-order chi connectivity index (χ0) is 31.3. The Morgan fingerprint density at radius 2 is 2.12 bits per heavy atom. The number of methoxy groups -OCH3 is 1. The van der Waals surface area contributed by atoms with Crippen LogP contribution in [0.1, 0.15) is 53.8 Å². The van der Waals surface area contributed by atoms with Crippen LogP contribution < -0.4 is 10.6 Å². The van der Waals surface area contributed by atoms with Gasteiger partial charge in [0.15, 0.2) is 6.29 Å². The maximum absolute atomic E-state index is 14.8. The zero-order valence-corrected chi connectivity index (χ0v) is 25.5. The summed E-state index contributed by atoms with van der Waals surface area (Å²) in [6.45, 7) is 6.05. The molecule has 2 aliphatic heterocycles. The van der Waals surface area contributed by atoms with E-state index in [0.717, 1.165) is 54.4 Å². The minimum absolute atomic E-state index is 0.0542. The molecule has 232 valence electrons. The quantitative estimate of drug-likeness (QED) is 0.293. The predicted molar refractivity (Wildman–Crippen MR) is 161 cm³/mol. The van der Waals surface area contributed by atoms with Crippen LogP contribution >= 0.6 is 0 Å². The van der Waals surface area contributed by atoms with Crippen LogP contribution in [-0.4, -0.2) is 93.1 Å². The van der Waals surface area contributed by atoms with E-state index in [9.17, 15) is 23.9 Å². The molecule has 1 aliphatic carbocycles. The smallest absolute Gasteiger partial charge is 0.156 e. The van der Waals surface area contributed by atoms with Crippen LogP contribution in [0.15, 0.2) is 23.3 Å². The Kier molecular flexibility index (Phi) is 10.6. The van der Waals surface area contributed by atoms with Crippen molar-refractivity contribution in [1.29, 1.82) is 0 Å². The number of rotatable bonds is 9. The molecule has 43 heavy (non-hydrogen) atoms. The summed E-state index contributed by atoms with van der Waals surface area (Å²) in [5.74, 6) is -0.282. The second-order valence-electron chi connectivity index (χ2n) is 11.1. The normalized spacial score (nSPS) is 22.3. The second kappa shape index (κ2) is 14.0. The third-order valence-corrected chi connectivity index (χ3v) is 8.56. The van der Waals surface area contributed by atoms with Gasteiger partial charge in [-0.3, -0.25) is 9.59 Å². The lowest BCUT2D eigenvalue weighted by atomic mass is 9.82. The molecule has 0 amide bonds. The summed E-state index contributed by atoms with van der Waals surface area (Å²) in [7, 11) is 5.27. The molecule has 0 spiro atoms. The van der Waals surface area contributed by atoms with Crippen molar-refractivity contribution in [3.8, 4) is 0 Å². The van der Waals surface area contributed by atoms with Crippen LogP contribution in [0, 0.1) is 12.7 Å². The number of aldehydes is 3. The lowest BCUT2D eigenvalue weighted by Gasteiger charge is -2.28. The van der Waals surface area contributed by atoms with Gasteiger partial charge < -0.3 is 34.9 Å². The predicted octanol–water partition coefficient (Wildman–Crippen LogP) is 2.33. The fourth-order valence-electron chi connectivity index (χ4n) is 6.09. The number of aliphatic hydroxyl groups is 1. The van der Waals surface area contributed by atoms with Gasteiger partial charge in [0.1, 0.15) is 24.0 Å². The van der Waals surface area contributed by atoms with Crippen molar-refractivity contribution >= 4 is 35.5 Å². The molecular formula is C32H41FN4O6. The number of nitrogens with one attached hydrogen (secondary N) is 2. The first-order valence-electron chi connectivity index (χ1n) is 14.6. The Morgan fingerprint density at radius 3 is 2.67 bits per heavy atom. The molecular weight excluding hydrogens is 555 g/mol. The van der Waals surface area contributed by atoms with Gasteiger partial charge in [-0.1, -0.05) is 6.92 Å². The van der Waals surface area contributed by atoms with Crippen molar-refractivity contribution < 1.29 is 33.4 Å². The molecule has 11 heteroatoms. The van der Waals surface area contributed by atoms with Crippen molar-refractivity contribution in [1.82, 2.24) is 20.5 Å². The summed E-state index contributed by atoms with van der Waals surface area (Å²) in [5.41, 5.74) is 4.21. The van der Waals surface area contributed by atoms with Crippen LogP contribution in [0.3, 0.4) is 0 Å². The number of aryl methyl sites for hydroxylation is 1. The molecule has 1 aromatic carbocycles. The van der Waals surface area contributed by atoms with E-state index < -0.39 is 5.60 Å². The third kappa shape index (κ3) is 6.32. The van der Waals surface area contributed by atoms with E-state index in [4.69, 9.17) is 14.5 Å². The number of carbonyl (C=O) groups excluding carboxylic acids is 3. The first-order chi connectivity index (χ1) is 20.7. The second-order valence-corrected chi connectivity index (χ2v) is 11.1. The van der Waals surface area contributed by atoms with Crippen molar-refractivity contribution in [2.24, 2.45) is 0 Å². The van der Waals surface area contributed by atoms with Crippen LogP contribution in [-0.2, 0) is 36.8 Å². The lowest BCUT2D eigenvalue weighted by Crippen LogP contribution is -2.42. The van der Waals surface area contributed by atoms with E-state index in [1.54, 1.807) is 13.0 Å². The van der Waals surface area contributed by atoms with E-state index in [0.29, 0.717) is 48.2 Å². The SMILES string of the molecule is CCC(O)(C=O)C(/C=C1/c2nc3cc(F)c(C)c4c3c(c2CN1C)C(NC)CC4)=C(/C=O)COC.O=CC1COCCN1. The topological polar surface area (TPSA) is 130 Å². The molecule has 3 heterocycles. The highest BCUT2D eigenvalue weighted by atomic mass is 19.1.